The van der Waals surface area contributed by atoms with Gasteiger partial charge < -0.3 is 9.99 Å². The van der Waals surface area contributed by atoms with Gasteiger partial charge >= 0.3 is 0 Å². The van der Waals surface area contributed by atoms with Gasteiger partial charge in [-0.25, -0.2) is 4.98 Å². The lowest BCUT2D eigenvalue weighted by molar-refractivity contribution is 0.382. The van der Waals surface area contributed by atoms with Crippen LogP contribution in [0.1, 0.15) is 5.82 Å². The number of allylic oxidation sites excluding steroid dienone is 2. The van der Waals surface area contributed by atoms with Crippen LogP contribution in [0.15, 0.2) is 24.7 Å². The van der Waals surface area contributed by atoms with Gasteiger partial charge in [-0.05, 0) is 35.6 Å². The number of nitrogens with one attached hydrogen (secondary N) is 1. The number of aryl methyl sites for hydroxylation is 1. The SMILES string of the molecule is Cc1nc(I)cn1C1=CNN(C)C=C1. The maximum Gasteiger partial charge on any atom is 0.120 e. The summed E-state index contributed by atoms with van der Waals surface area (Å²) in [6, 6.07) is 0. The fourth-order valence-electron chi connectivity index (χ4n) is 1.30. The van der Waals surface area contributed by atoms with Gasteiger partial charge in [0.1, 0.15) is 9.53 Å². The highest BCUT2D eigenvalue weighted by Crippen LogP contribution is 2.14. The molecule has 0 radical (unpaired) electrons. The largest absolute Gasteiger partial charge is 0.304 e. The Bertz CT molecular complexity index is 405. The van der Waals surface area contributed by atoms with Gasteiger partial charge in [0.25, 0.3) is 0 Å². The molecule has 74 valence electrons. The molecule has 0 fully saturated rings. The second-order valence-corrected chi connectivity index (χ2v) is 4.21. The smallest absolute Gasteiger partial charge is 0.120 e. The minimum atomic E-state index is 0.997. The summed E-state index contributed by atoms with van der Waals surface area (Å²) in [4.78, 5) is 4.34. The van der Waals surface area contributed by atoms with Crippen LogP contribution in [0.25, 0.3) is 5.70 Å². The number of imidazole rings is 1. The summed E-state index contributed by atoms with van der Waals surface area (Å²) in [7, 11) is 1.95. The molecular formula is C9H11IN4. The molecule has 1 aliphatic rings. The van der Waals surface area contributed by atoms with Crippen molar-refractivity contribution < 1.29 is 0 Å². The number of hydrogen-bond acceptors (Lipinski definition) is 3. The number of hydrazine groups is 1. The van der Waals surface area contributed by atoms with Crippen LogP contribution >= 0.6 is 22.6 Å². The number of nitrogens with zero attached hydrogens (tertiary/aromatic N) is 3. The van der Waals surface area contributed by atoms with E-state index in [1.807, 2.05) is 43.7 Å². The topological polar surface area (TPSA) is 33.1 Å². The van der Waals surface area contributed by atoms with E-state index in [1.165, 1.54) is 0 Å². The van der Waals surface area contributed by atoms with E-state index in [0.717, 1.165) is 15.2 Å². The Balaban J connectivity index is 2.33. The molecule has 14 heavy (non-hydrogen) atoms. The van der Waals surface area contributed by atoms with E-state index in [1.54, 1.807) is 0 Å². The van der Waals surface area contributed by atoms with Crippen LogP contribution in [-0.2, 0) is 0 Å². The van der Waals surface area contributed by atoms with E-state index in [2.05, 4.69) is 37.6 Å². The summed E-state index contributed by atoms with van der Waals surface area (Å²) in [6.45, 7) is 2.00. The highest BCUT2D eigenvalue weighted by atomic mass is 127. The van der Waals surface area contributed by atoms with Gasteiger partial charge in [-0.1, -0.05) is 0 Å². The summed E-state index contributed by atoms with van der Waals surface area (Å²) < 4.78 is 3.06. The Morgan fingerprint density at radius 2 is 2.29 bits per heavy atom. The summed E-state index contributed by atoms with van der Waals surface area (Å²) >= 11 is 2.21. The number of rotatable bonds is 1. The molecule has 0 atom stereocenters. The van der Waals surface area contributed by atoms with Crippen molar-refractivity contribution in [1.29, 1.82) is 0 Å². The fourth-order valence-corrected chi connectivity index (χ4v) is 1.92. The summed E-state index contributed by atoms with van der Waals surface area (Å²) in [5.74, 6) is 0.997. The second kappa shape index (κ2) is 3.64. The zero-order valence-corrected chi connectivity index (χ0v) is 10.2. The molecule has 0 spiro atoms. The fraction of sp³-hybridized carbons (Fsp3) is 0.222. The lowest BCUT2D eigenvalue weighted by Crippen LogP contribution is -2.27. The van der Waals surface area contributed by atoms with Gasteiger partial charge in [0.15, 0.2) is 0 Å². The van der Waals surface area contributed by atoms with E-state index in [4.69, 9.17) is 0 Å². The molecule has 0 unspecified atom stereocenters. The first-order valence-electron chi connectivity index (χ1n) is 4.26. The molecule has 2 rings (SSSR count). The molecule has 5 heteroatoms. The monoisotopic (exact) mass is 302 g/mol. The minimum absolute atomic E-state index is 0.997. The van der Waals surface area contributed by atoms with Crippen molar-refractivity contribution in [3.8, 4) is 0 Å². The zero-order valence-electron chi connectivity index (χ0n) is 8.03. The van der Waals surface area contributed by atoms with Gasteiger partial charge in [-0.15, -0.1) is 0 Å². The molecule has 4 nitrogen and oxygen atoms in total. The third kappa shape index (κ3) is 1.77. The van der Waals surface area contributed by atoms with Crippen molar-refractivity contribution in [3.63, 3.8) is 0 Å². The van der Waals surface area contributed by atoms with E-state index in [-0.39, 0.29) is 0 Å². The van der Waals surface area contributed by atoms with Gasteiger partial charge in [0.05, 0.1) is 5.70 Å². The number of aromatic nitrogens is 2. The van der Waals surface area contributed by atoms with Gasteiger partial charge in [0, 0.05) is 25.6 Å². The summed E-state index contributed by atoms with van der Waals surface area (Å²) in [5, 5.41) is 1.89. The Hall–Kier alpha value is -0.980. The normalized spacial score (nSPS) is 15.4. The lowest BCUT2D eigenvalue weighted by atomic mass is 10.4. The van der Waals surface area contributed by atoms with Crippen molar-refractivity contribution in [2.75, 3.05) is 7.05 Å². The molecule has 1 aromatic heterocycles. The van der Waals surface area contributed by atoms with Crippen LogP contribution in [0.2, 0.25) is 0 Å². The van der Waals surface area contributed by atoms with Crippen LogP contribution in [0.5, 0.6) is 0 Å². The first-order chi connectivity index (χ1) is 6.66. The Morgan fingerprint density at radius 3 is 2.79 bits per heavy atom. The Labute approximate surface area is 96.4 Å². The maximum atomic E-state index is 4.34. The number of hydrogen-bond donors (Lipinski definition) is 1. The third-order valence-corrected chi connectivity index (χ3v) is 2.54. The van der Waals surface area contributed by atoms with Crippen molar-refractivity contribution in [3.05, 3.63) is 34.2 Å². The van der Waals surface area contributed by atoms with Crippen LogP contribution in [0.4, 0.5) is 0 Å². The standard InChI is InChI=1S/C9H11IN4/c1-7-12-9(10)6-14(7)8-3-4-13(2)11-5-8/h3-6,11H,1-2H3. The van der Waals surface area contributed by atoms with E-state index in [9.17, 15) is 0 Å². The number of halogens is 1. The molecule has 2 heterocycles. The van der Waals surface area contributed by atoms with Crippen molar-refractivity contribution in [1.82, 2.24) is 20.0 Å². The zero-order chi connectivity index (χ0) is 10.1. The molecule has 0 aliphatic carbocycles. The molecular weight excluding hydrogens is 291 g/mol. The maximum absolute atomic E-state index is 4.34. The molecule has 0 saturated heterocycles. The summed E-state index contributed by atoms with van der Waals surface area (Å²) in [6.07, 6.45) is 7.98. The average Bonchev–Trinajstić information content (AvgIpc) is 2.47. The highest BCUT2D eigenvalue weighted by molar-refractivity contribution is 14.1. The molecule has 1 aliphatic heterocycles. The first kappa shape index (κ1) is 9.57. The molecule has 1 aromatic rings. The second-order valence-electron chi connectivity index (χ2n) is 3.11. The quantitative estimate of drug-likeness (QED) is 0.799. The lowest BCUT2D eigenvalue weighted by Gasteiger charge is -2.19. The first-order valence-corrected chi connectivity index (χ1v) is 5.34. The van der Waals surface area contributed by atoms with Gasteiger partial charge in [-0.2, -0.15) is 0 Å². The summed E-state index contributed by atoms with van der Waals surface area (Å²) in [5.41, 5.74) is 4.19. The van der Waals surface area contributed by atoms with Crippen molar-refractivity contribution >= 4 is 28.3 Å². The molecule has 1 N–H and O–H groups in total. The molecule has 0 saturated carbocycles. The van der Waals surface area contributed by atoms with E-state index in [0.29, 0.717) is 0 Å². The highest BCUT2D eigenvalue weighted by Gasteiger charge is 2.06. The van der Waals surface area contributed by atoms with Crippen molar-refractivity contribution in [2.24, 2.45) is 0 Å². The van der Waals surface area contributed by atoms with Gasteiger partial charge in [0.2, 0.25) is 0 Å². The molecule has 0 bridgehead atoms. The predicted molar refractivity (Wildman–Crippen MR) is 64.0 cm³/mol. The van der Waals surface area contributed by atoms with E-state index < -0.39 is 0 Å². The van der Waals surface area contributed by atoms with Crippen LogP contribution in [-0.4, -0.2) is 21.6 Å². The Kier molecular flexibility index (Phi) is 2.49. The molecule has 0 amide bonds. The van der Waals surface area contributed by atoms with Crippen molar-refractivity contribution in [2.45, 2.75) is 6.92 Å². The minimum Gasteiger partial charge on any atom is -0.304 e. The van der Waals surface area contributed by atoms with E-state index >= 15 is 0 Å². The van der Waals surface area contributed by atoms with Crippen LogP contribution < -0.4 is 5.43 Å². The predicted octanol–water partition coefficient (Wildman–Crippen LogP) is 1.56. The van der Waals surface area contributed by atoms with Gasteiger partial charge in [-0.3, -0.25) is 5.01 Å². The average molecular weight is 302 g/mol. The van der Waals surface area contributed by atoms with Crippen LogP contribution in [0.3, 0.4) is 0 Å². The third-order valence-electron chi connectivity index (χ3n) is 2.02. The Morgan fingerprint density at radius 1 is 1.50 bits per heavy atom. The van der Waals surface area contributed by atoms with Crippen LogP contribution in [0, 0.1) is 10.6 Å². The molecule has 0 aromatic carbocycles.